The minimum Gasteiger partial charge on any atom is -0.322 e. The van der Waals surface area contributed by atoms with Gasteiger partial charge >= 0.3 is 0 Å². The maximum absolute atomic E-state index is 13.6. The topological polar surface area (TPSA) is 29.1 Å². The van der Waals surface area contributed by atoms with Crippen molar-refractivity contribution in [2.75, 3.05) is 5.32 Å². The molecular formula is C14H11BrFNO. The number of carbonyl (C=O) groups is 1. The minimum absolute atomic E-state index is 0.0837. The van der Waals surface area contributed by atoms with E-state index < -0.39 is 11.7 Å². The van der Waals surface area contributed by atoms with Crippen LogP contribution >= 0.6 is 15.9 Å². The number of halogens is 2. The van der Waals surface area contributed by atoms with Crippen LogP contribution in [-0.4, -0.2) is 5.91 Å². The molecule has 0 heterocycles. The fourth-order valence-electron chi connectivity index (χ4n) is 1.65. The summed E-state index contributed by atoms with van der Waals surface area (Å²) in [5.41, 5.74) is 1.33. The van der Waals surface area contributed by atoms with Crippen molar-refractivity contribution in [3.8, 4) is 0 Å². The van der Waals surface area contributed by atoms with Crippen molar-refractivity contribution in [1.82, 2.24) is 0 Å². The van der Waals surface area contributed by atoms with Crippen LogP contribution in [0.2, 0.25) is 0 Å². The lowest BCUT2D eigenvalue weighted by Crippen LogP contribution is -2.15. The molecule has 1 N–H and O–H groups in total. The van der Waals surface area contributed by atoms with Crippen LogP contribution in [0, 0.1) is 12.7 Å². The van der Waals surface area contributed by atoms with E-state index in [4.69, 9.17) is 0 Å². The molecule has 2 aromatic rings. The summed E-state index contributed by atoms with van der Waals surface area (Å²) in [6.07, 6.45) is 0. The second-order valence-corrected chi connectivity index (χ2v) is 4.81. The molecule has 18 heavy (non-hydrogen) atoms. The third-order valence-electron chi connectivity index (χ3n) is 2.55. The van der Waals surface area contributed by atoms with Gasteiger partial charge in [-0.05, 0) is 42.8 Å². The fraction of sp³-hybridized carbons (Fsp3) is 0.0714. The highest BCUT2D eigenvalue weighted by Crippen LogP contribution is 2.17. The van der Waals surface area contributed by atoms with Crippen LogP contribution in [0.4, 0.5) is 10.1 Å². The monoisotopic (exact) mass is 307 g/mol. The van der Waals surface area contributed by atoms with Gasteiger partial charge in [0.05, 0.1) is 5.56 Å². The van der Waals surface area contributed by atoms with Crippen molar-refractivity contribution in [2.45, 2.75) is 6.92 Å². The normalized spacial score (nSPS) is 10.2. The van der Waals surface area contributed by atoms with Crippen molar-refractivity contribution in [1.29, 1.82) is 0 Å². The van der Waals surface area contributed by atoms with Gasteiger partial charge in [-0.1, -0.05) is 28.1 Å². The summed E-state index contributed by atoms with van der Waals surface area (Å²) in [6.45, 7) is 1.71. The molecule has 0 unspecified atom stereocenters. The fourth-order valence-corrected chi connectivity index (χ4v) is 1.91. The van der Waals surface area contributed by atoms with Crippen LogP contribution in [0.3, 0.4) is 0 Å². The quantitative estimate of drug-likeness (QED) is 0.887. The van der Waals surface area contributed by atoms with E-state index in [0.29, 0.717) is 11.3 Å². The predicted molar refractivity (Wildman–Crippen MR) is 73.2 cm³/mol. The molecule has 0 saturated carbocycles. The largest absolute Gasteiger partial charge is 0.322 e. The average molecular weight is 308 g/mol. The van der Waals surface area contributed by atoms with Crippen molar-refractivity contribution in [2.24, 2.45) is 0 Å². The lowest BCUT2D eigenvalue weighted by molar-refractivity contribution is 0.102. The second-order valence-electron chi connectivity index (χ2n) is 3.89. The van der Waals surface area contributed by atoms with E-state index in [1.165, 1.54) is 6.07 Å². The summed E-state index contributed by atoms with van der Waals surface area (Å²) in [5.74, 6) is -0.947. The van der Waals surface area contributed by atoms with E-state index in [2.05, 4.69) is 21.2 Å². The Morgan fingerprint density at radius 1 is 1.17 bits per heavy atom. The molecule has 0 aromatic heterocycles. The molecule has 92 valence electrons. The summed E-state index contributed by atoms with van der Waals surface area (Å²) >= 11 is 3.31. The van der Waals surface area contributed by atoms with Crippen LogP contribution in [-0.2, 0) is 0 Å². The van der Waals surface area contributed by atoms with Gasteiger partial charge in [0.2, 0.25) is 0 Å². The van der Waals surface area contributed by atoms with E-state index >= 15 is 0 Å². The zero-order valence-electron chi connectivity index (χ0n) is 9.71. The molecule has 4 heteroatoms. The molecular weight excluding hydrogens is 297 g/mol. The van der Waals surface area contributed by atoms with E-state index in [0.717, 1.165) is 4.47 Å². The number of nitrogens with one attached hydrogen (secondary N) is 1. The van der Waals surface area contributed by atoms with Gasteiger partial charge in [0.1, 0.15) is 5.82 Å². The van der Waals surface area contributed by atoms with E-state index in [1.54, 1.807) is 31.2 Å². The molecule has 0 atom stereocenters. The summed E-state index contributed by atoms with van der Waals surface area (Å²) in [6, 6.07) is 11.7. The molecule has 0 aliphatic heterocycles. The standard InChI is InChI=1S/C14H11BrFNO/c1-9-3-2-4-12(16)13(9)14(18)17-11-7-5-10(15)6-8-11/h2-8H,1H3,(H,17,18). The van der Waals surface area contributed by atoms with Crippen molar-refractivity contribution >= 4 is 27.5 Å². The number of rotatable bonds is 2. The zero-order chi connectivity index (χ0) is 13.1. The van der Waals surface area contributed by atoms with Gasteiger partial charge in [0, 0.05) is 10.2 Å². The summed E-state index contributed by atoms with van der Waals surface area (Å²) < 4.78 is 14.5. The molecule has 1 amide bonds. The third kappa shape index (κ3) is 2.76. The van der Waals surface area contributed by atoms with Gasteiger partial charge in [-0.3, -0.25) is 4.79 Å². The van der Waals surface area contributed by atoms with Gasteiger partial charge < -0.3 is 5.32 Å². The van der Waals surface area contributed by atoms with Crippen LogP contribution in [0.1, 0.15) is 15.9 Å². The molecule has 2 nitrogen and oxygen atoms in total. The van der Waals surface area contributed by atoms with Gasteiger partial charge in [0.25, 0.3) is 5.91 Å². The Hall–Kier alpha value is -1.68. The lowest BCUT2D eigenvalue weighted by atomic mass is 10.1. The van der Waals surface area contributed by atoms with Gasteiger partial charge in [-0.15, -0.1) is 0 Å². The Morgan fingerprint density at radius 2 is 1.83 bits per heavy atom. The van der Waals surface area contributed by atoms with Crippen molar-refractivity contribution in [3.05, 3.63) is 63.9 Å². The summed E-state index contributed by atoms with van der Waals surface area (Å²) in [7, 11) is 0. The lowest BCUT2D eigenvalue weighted by Gasteiger charge is -2.08. The molecule has 0 radical (unpaired) electrons. The smallest absolute Gasteiger partial charge is 0.258 e. The number of anilines is 1. The molecule has 0 aliphatic rings. The van der Waals surface area contributed by atoms with Crippen LogP contribution in [0.25, 0.3) is 0 Å². The number of amides is 1. The number of hydrogen-bond acceptors (Lipinski definition) is 1. The molecule has 0 saturated heterocycles. The average Bonchev–Trinajstić information content (AvgIpc) is 2.32. The number of aryl methyl sites for hydroxylation is 1. The van der Waals surface area contributed by atoms with Crippen molar-refractivity contribution < 1.29 is 9.18 Å². The van der Waals surface area contributed by atoms with Crippen LogP contribution < -0.4 is 5.32 Å². The maximum Gasteiger partial charge on any atom is 0.258 e. The summed E-state index contributed by atoms with van der Waals surface area (Å²) in [5, 5.41) is 2.67. The Bertz CT molecular complexity index is 561. The molecule has 2 aromatic carbocycles. The molecule has 0 bridgehead atoms. The molecule has 2 rings (SSSR count). The van der Waals surface area contributed by atoms with Gasteiger partial charge in [0.15, 0.2) is 0 Å². The van der Waals surface area contributed by atoms with Crippen LogP contribution in [0.5, 0.6) is 0 Å². The zero-order valence-corrected chi connectivity index (χ0v) is 11.3. The number of carbonyl (C=O) groups excluding carboxylic acids is 1. The third-order valence-corrected chi connectivity index (χ3v) is 3.08. The maximum atomic E-state index is 13.6. The molecule has 0 fully saturated rings. The highest BCUT2D eigenvalue weighted by Gasteiger charge is 2.14. The SMILES string of the molecule is Cc1cccc(F)c1C(=O)Nc1ccc(Br)cc1. The van der Waals surface area contributed by atoms with Crippen LogP contribution in [0.15, 0.2) is 46.9 Å². The van der Waals surface area contributed by atoms with E-state index in [-0.39, 0.29) is 5.56 Å². The highest BCUT2D eigenvalue weighted by atomic mass is 79.9. The number of hydrogen-bond donors (Lipinski definition) is 1. The van der Waals surface area contributed by atoms with E-state index in [9.17, 15) is 9.18 Å². The first-order valence-corrected chi connectivity index (χ1v) is 6.19. The molecule has 0 spiro atoms. The first-order chi connectivity index (χ1) is 8.58. The van der Waals surface area contributed by atoms with Crippen molar-refractivity contribution in [3.63, 3.8) is 0 Å². The van der Waals surface area contributed by atoms with Gasteiger partial charge in [-0.2, -0.15) is 0 Å². The van der Waals surface area contributed by atoms with Gasteiger partial charge in [-0.25, -0.2) is 4.39 Å². The summed E-state index contributed by atoms with van der Waals surface area (Å²) in [4.78, 5) is 12.0. The minimum atomic E-state index is -0.510. The Labute approximate surface area is 113 Å². The highest BCUT2D eigenvalue weighted by molar-refractivity contribution is 9.10. The Kier molecular flexibility index (Phi) is 3.77. The number of benzene rings is 2. The Morgan fingerprint density at radius 3 is 2.44 bits per heavy atom. The Balaban J connectivity index is 2.25. The first-order valence-electron chi connectivity index (χ1n) is 5.40. The van der Waals surface area contributed by atoms with E-state index in [1.807, 2.05) is 12.1 Å². The second kappa shape index (κ2) is 5.31. The predicted octanol–water partition coefficient (Wildman–Crippen LogP) is 4.15. The first kappa shape index (κ1) is 12.8. The molecule has 0 aliphatic carbocycles.